The third kappa shape index (κ3) is 5.06. The summed E-state index contributed by atoms with van der Waals surface area (Å²) in [4.78, 5) is 46.7. The van der Waals surface area contributed by atoms with Crippen molar-refractivity contribution in [2.24, 2.45) is 17.8 Å². The molecule has 3 aliphatic heterocycles. The van der Waals surface area contributed by atoms with Crippen molar-refractivity contribution in [3.05, 3.63) is 67.8 Å². The van der Waals surface area contributed by atoms with Crippen LogP contribution in [0.15, 0.2) is 67.8 Å². The second-order valence-corrected chi connectivity index (χ2v) is 12.6. The van der Waals surface area contributed by atoms with Gasteiger partial charge in [0.15, 0.2) is 0 Å². The lowest BCUT2D eigenvalue weighted by molar-refractivity contribution is -0.162. The monoisotopic (exact) mass is 602 g/mol. The molecule has 236 valence electrons. The Balaban J connectivity index is 1.61. The largest absolute Gasteiger partial charge is 0.465 e. The van der Waals surface area contributed by atoms with Crippen LogP contribution in [0.5, 0.6) is 0 Å². The topological polar surface area (TPSA) is 96.4 Å². The molecule has 7 atom stereocenters. The molecule has 2 unspecified atom stereocenters. The summed E-state index contributed by atoms with van der Waals surface area (Å²) in [6, 6.07) is 12.1. The average molecular weight is 603 g/mol. The first kappa shape index (κ1) is 31.9. The molecule has 2 aromatic rings. The summed E-state index contributed by atoms with van der Waals surface area (Å²) >= 11 is 0. The van der Waals surface area contributed by atoms with Crippen molar-refractivity contribution in [2.45, 2.75) is 82.6 Å². The van der Waals surface area contributed by atoms with E-state index in [9.17, 15) is 19.5 Å². The maximum Gasteiger partial charge on any atom is 0.312 e. The maximum atomic E-state index is 15.0. The highest BCUT2D eigenvalue weighted by atomic mass is 16.6. The number of ether oxygens (including phenoxy) is 2. The summed E-state index contributed by atoms with van der Waals surface area (Å²) in [6.45, 7) is 13.7. The fraction of sp³-hybridized carbons (Fsp3) is 0.528. The molecule has 0 aromatic heterocycles. The molecule has 0 aliphatic carbocycles. The van der Waals surface area contributed by atoms with E-state index in [1.54, 1.807) is 22.0 Å². The summed E-state index contributed by atoms with van der Waals surface area (Å²) in [5, 5.41) is 12.7. The number of aliphatic hydroxyl groups excluding tert-OH is 1. The van der Waals surface area contributed by atoms with Gasteiger partial charge < -0.3 is 24.4 Å². The third-order valence-electron chi connectivity index (χ3n) is 10.4. The second-order valence-electron chi connectivity index (χ2n) is 12.6. The predicted molar refractivity (Wildman–Crippen MR) is 171 cm³/mol. The number of aliphatic hydroxyl groups is 1. The maximum absolute atomic E-state index is 15.0. The minimum Gasteiger partial charge on any atom is -0.465 e. The van der Waals surface area contributed by atoms with Gasteiger partial charge in [-0.05, 0) is 60.9 Å². The number of rotatable bonds is 14. The van der Waals surface area contributed by atoms with Crippen molar-refractivity contribution in [1.29, 1.82) is 0 Å². The van der Waals surface area contributed by atoms with E-state index in [2.05, 4.69) is 13.2 Å². The zero-order valence-electron chi connectivity index (χ0n) is 26.2. The Kier molecular flexibility index (Phi) is 9.33. The summed E-state index contributed by atoms with van der Waals surface area (Å²) in [6.07, 6.45) is 7.02. The van der Waals surface area contributed by atoms with E-state index in [0.717, 1.165) is 10.8 Å². The van der Waals surface area contributed by atoms with E-state index >= 15 is 0 Å². The van der Waals surface area contributed by atoms with Gasteiger partial charge in [0, 0.05) is 12.2 Å². The minimum atomic E-state index is -1.22. The van der Waals surface area contributed by atoms with E-state index in [4.69, 9.17) is 9.47 Å². The lowest BCUT2D eigenvalue weighted by atomic mass is 9.65. The smallest absolute Gasteiger partial charge is 0.312 e. The van der Waals surface area contributed by atoms with Gasteiger partial charge in [-0.3, -0.25) is 14.4 Å². The number of anilines is 1. The number of nitrogens with zero attached hydrogens (tertiary/aromatic N) is 2. The number of amides is 2. The van der Waals surface area contributed by atoms with Gasteiger partial charge in [-0.15, -0.1) is 13.2 Å². The van der Waals surface area contributed by atoms with Gasteiger partial charge in [0.2, 0.25) is 5.91 Å². The highest BCUT2D eigenvalue weighted by Crippen LogP contribution is 2.65. The van der Waals surface area contributed by atoms with Crippen LogP contribution in [0.2, 0.25) is 0 Å². The molecule has 0 radical (unpaired) electrons. The van der Waals surface area contributed by atoms with Gasteiger partial charge >= 0.3 is 5.97 Å². The molecule has 0 saturated carbocycles. The van der Waals surface area contributed by atoms with Crippen molar-refractivity contribution >= 4 is 34.2 Å². The zero-order chi connectivity index (χ0) is 31.6. The van der Waals surface area contributed by atoms with Crippen molar-refractivity contribution in [1.82, 2.24) is 4.90 Å². The van der Waals surface area contributed by atoms with Crippen molar-refractivity contribution in [2.75, 3.05) is 24.7 Å². The van der Waals surface area contributed by atoms with E-state index < -0.39 is 41.1 Å². The Morgan fingerprint density at radius 3 is 2.57 bits per heavy atom. The number of carbonyl (C=O) groups excluding carboxylic acids is 3. The predicted octanol–water partition coefficient (Wildman–Crippen LogP) is 5.43. The molecule has 2 amide bonds. The van der Waals surface area contributed by atoms with Crippen LogP contribution in [-0.2, 0) is 23.9 Å². The molecule has 2 aromatic carbocycles. The molecule has 8 heteroatoms. The molecule has 5 rings (SSSR count). The zero-order valence-corrected chi connectivity index (χ0v) is 26.2. The van der Waals surface area contributed by atoms with Crippen LogP contribution < -0.4 is 4.90 Å². The third-order valence-corrected chi connectivity index (χ3v) is 10.4. The van der Waals surface area contributed by atoms with E-state index in [0.29, 0.717) is 44.2 Å². The Labute approximate surface area is 260 Å². The van der Waals surface area contributed by atoms with Crippen molar-refractivity contribution < 1.29 is 29.0 Å². The molecule has 3 aliphatic rings. The minimum absolute atomic E-state index is 0.0929. The number of hydrogen-bond donors (Lipinski definition) is 1. The molecule has 1 spiro atoms. The molecule has 1 N–H and O–H groups in total. The molecule has 2 bridgehead atoms. The van der Waals surface area contributed by atoms with Gasteiger partial charge in [-0.25, -0.2) is 0 Å². The quantitative estimate of drug-likeness (QED) is 0.176. The molecule has 44 heavy (non-hydrogen) atoms. The van der Waals surface area contributed by atoms with Crippen LogP contribution >= 0.6 is 0 Å². The molecule has 8 nitrogen and oxygen atoms in total. The summed E-state index contributed by atoms with van der Waals surface area (Å²) in [7, 11) is 0. The lowest BCUT2D eigenvalue weighted by Gasteiger charge is -2.41. The highest BCUT2D eigenvalue weighted by Gasteiger charge is 2.79. The highest BCUT2D eigenvalue weighted by molar-refractivity contribution is 6.05. The van der Waals surface area contributed by atoms with Gasteiger partial charge in [0.25, 0.3) is 5.91 Å². The van der Waals surface area contributed by atoms with E-state index in [1.807, 2.05) is 63.2 Å². The summed E-state index contributed by atoms with van der Waals surface area (Å²) < 4.78 is 12.7. The number of carbonyl (C=O) groups is 3. The van der Waals surface area contributed by atoms with Gasteiger partial charge in [0.05, 0.1) is 30.8 Å². The number of fused-ring (bicyclic) bond motifs is 2. The number of likely N-dealkylation sites (tertiary alicyclic amines) is 1. The molecule has 3 heterocycles. The van der Waals surface area contributed by atoms with Crippen LogP contribution in [0.4, 0.5) is 5.69 Å². The van der Waals surface area contributed by atoms with Crippen LogP contribution in [0.25, 0.3) is 10.8 Å². The Hall–Kier alpha value is -3.49. The molecule has 3 saturated heterocycles. The lowest BCUT2D eigenvalue weighted by Crippen LogP contribution is -2.60. The average Bonchev–Trinajstić information content (AvgIpc) is 3.65. The van der Waals surface area contributed by atoms with Crippen LogP contribution in [0.1, 0.15) is 59.3 Å². The number of allylic oxidation sites excluding steroid dienone is 1. The van der Waals surface area contributed by atoms with Crippen molar-refractivity contribution in [3.8, 4) is 0 Å². The number of unbranched alkanes of at least 4 members (excludes halogenated alkanes) is 1. The van der Waals surface area contributed by atoms with Crippen molar-refractivity contribution in [3.63, 3.8) is 0 Å². The first-order chi connectivity index (χ1) is 21.2. The SMILES string of the molecule is C=CCCCOC(=O)[C@H]1[C@H]2C(=O)N([C@@H](CO)[C@@H](C)CC)C(C(=O)N(CC=C)c3ccc4ccccc4c3)C23CC[C@]1(CC)O3. The number of hydrogen-bond acceptors (Lipinski definition) is 6. The summed E-state index contributed by atoms with van der Waals surface area (Å²) in [5.74, 6) is -2.87. The van der Waals surface area contributed by atoms with Gasteiger partial charge in [-0.1, -0.05) is 69.7 Å². The van der Waals surface area contributed by atoms with Gasteiger partial charge in [-0.2, -0.15) is 0 Å². The van der Waals surface area contributed by atoms with Crippen LogP contribution in [0, 0.1) is 17.8 Å². The number of esters is 1. The fourth-order valence-electron chi connectivity index (χ4n) is 7.90. The molecular weight excluding hydrogens is 556 g/mol. The van der Waals surface area contributed by atoms with Crippen LogP contribution in [-0.4, -0.2) is 70.8 Å². The van der Waals surface area contributed by atoms with Gasteiger partial charge in [0.1, 0.15) is 17.6 Å². The fourth-order valence-corrected chi connectivity index (χ4v) is 7.90. The second kappa shape index (κ2) is 12.9. The van der Waals surface area contributed by atoms with Crippen LogP contribution in [0.3, 0.4) is 0 Å². The molecule has 3 fully saturated rings. The molecular formula is C36H46N2O6. The first-order valence-electron chi connectivity index (χ1n) is 16.0. The standard InChI is InChI=1S/C36H46N2O6/c1-6-10-13-21-43-34(42)30-29-32(40)38(28(23-39)24(5)8-3)31(36(29)19-18-35(30,9-4)44-36)33(41)37(20-7-2)27-17-16-25-14-11-12-15-26(25)22-27/h6-7,11-12,14-17,22,24,28-31,39H,1-2,8-10,13,18-21,23H2,3-5H3/t24-,28-,29-,30+,31?,35-,36?/m0/s1. The Morgan fingerprint density at radius 1 is 1.16 bits per heavy atom. The Bertz CT molecular complexity index is 1420. The van der Waals surface area contributed by atoms with E-state index in [1.165, 1.54) is 0 Å². The Morgan fingerprint density at radius 2 is 1.91 bits per heavy atom. The van der Waals surface area contributed by atoms with E-state index in [-0.39, 0.29) is 37.5 Å². The first-order valence-corrected chi connectivity index (χ1v) is 16.0. The normalized spacial score (nSPS) is 28.5. The number of benzene rings is 2. The summed E-state index contributed by atoms with van der Waals surface area (Å²) in [5.41, 5.74) is -1.43.